The number of benzene rings is 2. The molecule has 0 aromatic heterocycles. The summed E-state index contributed by atoms with van der Waals surface area (Å²) in [6, 6.07) is 5.63. The summed E-state index contributed by atoms with van der Waals surface area (Å²) >= 11 is 3.21. The van der Waals surface area contributed by atoms with E-state index in [9.17, 15) is 18.0 Å². The molecule has 0 saturated heterocycles. The van der Waals surface area contributed by atoms with Crippen molar-refractivity contribution in [2.24, 2.45) is 0 Å². The summed E-state index contributed by atoms with van der Waals surface area (Å²) < 4.78 is 45.6. The average Bonchev–Trinajstić information content (AvgIpc) is 2.37. The van der Waals surface area contributed by atoms with Gasteiger partial charge in [-0.1, -0.05) is 15.9 Å². The van der Waals surface area contributed by atoms with Crippen LogP contribution in [0.15, 0.2) is 34.8 Å². The Morgan fingerprint density at radius 1 is 1.14 bits per heavy atom. The Hall–Kier alpha value is -2.02. The minimum atomic E-state index is -1.28. The highest BCUT2D eigenvalue weighted by molar-refractivity contribution is 9.10. The van der Waals surface area contributed by atoms with Crippen molar-refractivity contribution >= 4 is 27.5 Å². The van der Waals surface area contributed by atoms with Crippen LogP contribution >= 0.6 is 15.9 Å². The van der Waals surface area contributed by atoms with E-state index in [0.717, 1.165) is 0 Å². The molecule has 110 valence electrons. The van der Waals surface area contributed by atoms with Crippen LogP contribution in [0, 0.1) is 17.5 Å². The van der Waals surface area contributed by atoms with Gasteiger partial charge in [0.25, 0.3) is 5.91 Å². The van der Waals surface area contributed by atoms with E-state index in [-0.39, 0.29) is 5.69 Å². The average molecular weight is 360 g/mol. The SMILES string of the molecule is COc1ccc(Br)cc1NC(=O)c1c(F)cc(F)cc1F. The summed E-state index contributed by atoms with van der Waals surface area (Å²) in [6.45, 7) is 0. The summed E-state index contributed by atoms with van der Waals surface area (Å²) in [5, 5.41) is 2.32. The summed E-state index contributed by atoms with van der Waals surface area (Å²) in [6.07, 6.45) is 0. The lowest BCUT2D eigenvalue weighted by Crippen LogP contribution is -2.16. The Kier molecular flexibility index (Phi) is 4.52. The fourth-order valence-corrected chi connectivity index (χ4v) is 2.08. The van der Waals surface area contributed by atoms with Crippen LogP contribution in [-0.2, 0) is 0 Å². The van der Waals surface area contributed by atoms with E-state index < -0.39 is 28.9 Å². The molecule has 7 heteroatoms. The highest BCUT2D eigenvalue weighted by Crippen LogP contribution is 2.28. The molecule has 0 unspecified atom stereocenters. The zero-order valence-corrected chi connectivity index (χ0v) is 12.3. The van der Waals surface area contributed by atoms with E-state index in [0.29, 0.717) is 22.4 Å². The molecule has 0 aliphatic carbocycles. The van der Waals surface area contributed by atoms with Crippen LogP contribution in [0.2, 0.25) is 0 Å². The van der Waals surface area contributed by atoms with Crippen molar-refractivity contribution in [1.29, 1.82) is 0 Å². The molecule has 0 aliphatic heterocycles. The number of rotatable bonds is 3. The van der Waals surface area contributed by atoms with Gasteiger partial charge in [0.1, 0.15) is 28.8 Å². The molecule has 0 bridgehead atoms. The number of carbonyl (C=O) groups is 1. The first-order valence-electron chi connectivity index (χ1n) is 5.72. The first kappa shape index (κ1) is 15.4. The maximum Gasteiger partial charge on any atom is 0.261 e. The van der Waals surface area contributed by atoms with Gasteiger partial charge in [0.05, 0.1) is 12.8 Å². The second kappa shape index (κ2) is 6.17. The van der Waals surface area contributed by atoms with Crippen molar-refractivity contribution in [3.05, 3.63) is 57.8 Å². The van der Waals surface area contributed by atoms with Crippen molar-refractivity contribution in [1.82, 2.24) is 0 Å². The predicted octanol–water partition coefficient (Wildman–Crippen LogP) is 4.13. The number of anilines is 1. The Morgan fingerprint density at radius 3 is 2.33 bits per heavy atom. The Labute approximate surface area is 126 Å². The largest absolute Gasteiger partial charge is 0.495 e. The summed E-state index contributed by atoms with van der Waals surface area (Å²) in [5.74, 6) is -4.38. The lowest BCUT2D eigenvalue weighted by atomic mass is 10.1. The Bertz CT molecular complexity index is 684. The predicted molar refractivity (Wildman–Crippen MR) is 75.0 cm³/mol. The molecule has 1 N–H and O–H groups in total. The van der Waals surface area contributed by atoms with Gasteiger partial charge >= 0.3 is 0 Å². The molecule has 0 radical (unpaired) electrons. The van der Waals surface area contributed by atoms with E-state index >= 15 is 0 Å². The number of halogens is 4. The van der Waals surface area contributed by atoms with Crippen LogP contribution in [0.1, 0.15) is 10.4 Å². The highest BCUT2D eigenvalue weighted by Gasteiger charge is 2.20. The fraction of sp³-hybridized carbons (Fsp3) is 0.0714. The first-order chi connectivity index (χ1) is 9.92. The summed E-state index contributed by atoms with van der Waals surface area (Å²) in [5.41, 5.74) is -0.640. The standard InChI is InChI=1S/C14H9BrF3NO2/c1-21-12-3-2-7(15)4-11(12)19-14(20)13-9(17)5-8(16)6-10(13)18/h2-6H,1H3,(H,19,20). The Balaban J connectivity index is 2.37. The number of carbonyl (C=O) groups excluding carboxylic acids is 1. The lowest BCUT2D eigenvalue weighted by molar-refractivity contribution is 0.101. The number of ether oxygens (including phenoxy) is 1. The van der Waals surface area contributed by atoms with Gasteiger partial charge in [0.15, 0.2) is 0 Å². The van der Waals surface area contributed by atoms with Crippen LogP contribution in [0.3, 0.4) is 0 Å². The van der Waals surface area contributed by atoms with Crippen LogP contribution in [0.25, 0.3) is 0 Å². The molecule has 0 spiro atoms. The van der Waals surface area contributed by atoms with E-state index in [1.807, 2.05) is 0 Å². The van der Waals surface area contributed by atoms with Crippen molar-refractivity contribution in [3.8, 4) is 5.75 Å². The minimum Gasteiger partial charge on any atom is -0.495 e. The third-order valence-corrected chi connectivity index (χ3v) is 3.14. The lowest BCUT2D eigenvalue weighted by Gasteiger charge is -2.11. The Morgan fingerprint density at radius 2 is 1.76 bits per heavy atom. The first-order valence-corrected chi connectivity index (χ1v) is 6.51. The maximum atomic E-state index is 13.5. The molecule has 2 aromatic carbocycles. The zero-order chi connectivity index (χ0) is 15.6. The van der Waals surface area contributed by atoms with E-state index in [1.165, 1.54) is 13.2 Å². The van der Waals surface area contributed by atoms with Gasteiger partial charge in [0.2, 0.25) is 0 Å². The fourth-order valence-electron chi connectivity index (χ4n) is 1.72. The topological polar surface area (TPSA) is 38.3 Å². The van der Waals surface area contributed by atoms with Gasteiger partial charge in [-0.05, 0) is 18.2 Å². The molecular weight excluding hydrogens is 351 g/mol. The summed E-state index contributed by atoms with van der Waals surface area (Å²) in [4.78, 5) is 12.0. The third kappa shape index (κ3) is 3.36. The number of amides is 1. The molecule has 0 fully saturated rings. The van der Waals surface area contributed by atoms with Gasteiger partial charge < -0.3 is 10.1 Å². The van der Waals surface area contributed by atoms with Gasteiger partial charge in [0, 0.05) is 16.6 Å². The van der Waals surface area contributed by atoms with E-state index in [4.69, 9.17) is 4.74 Å². The van der Waals surface area contributed by atoms with Crippen molar-refractivity contribution in [2.45, 2.75) is 0 Å². The van der Waals surface area contributed by atoms with Crippen molar-refractivity contribution in [2.75, 3.05) is 12.4 Å². The summed E-state index contributed by atoms with van der Waals surface area (Å²) in [7, 11) is 1.39. The van der Waals surface area contributed by atoms with E-state index in [2.05, 4.69) is 21.2 Å². The molecule has 3 nitrogen and oxygen atoms in total. The van der Waals surface area contributed by atoms with Crippen LogP contribution in [-0.4, -0.2) is 13.0 Å². The van der Waals surface area contributed by atoms with Crippen LogP contribution in [0.5, 0.6) is 5.75 Å². The smallest absolute Gasteiger partial charge is 0.261 e. The highest BCUT2D eigenvalue weighted by atomic mass is 79.9. The maximum absolute atomic E-state index is 13.5. The van der Waals surface area contributed by atoms with Crippen molar-refractivity contribution in [3.63, 3.8) is 0 Å². The third-order valence-electron chi connectivity index (χ3n) is 2.64. The monoisotopic (exact) mass is 359 g/mol. The normalized spacial score (nSPS) is 10.3. The second-order valence-electron chi connectivity index (χ2n) is 4.04. The van der Waals surface area contributed by atoms with Gasteiger partial charge in [-0.3, -0.25) is 4.79 Å². The van der Waals surface area contributed by atoms with Crippen LogP contribution in [0.4, 0.5) is 18.9 Å². The molecule has 0 heterocycles. The number of hydrogen-bond donors (Lipinski definition) is 1. The zero-order valence-electron chi connectivity index (χ0n) is 10.7. The van der Waals surface area contributed by atoms with Gasteiger partial charge in [-0.2, -0.15) is 0 Å². The number of hydrogen-bond acceptors (Lipinski definition) is 2. The quantitative estimate of drug-likeness (QED) is 0.894. The minimum absolute atomic E-state index is 0.222. The van der Waals surface area contributed by atoms with Gasteiger partial charge in [-0.25, -0.2) is 13.2 Å². The molecule has 2 rings (SSSR count). The second-order valence-corrected chi connectivity index (χ2v) is 4.96. The molecule has 0 saturated carbocycles. The molecule has 0 aliphatic rings. The molecule has 0 atom stereocenters. The molecule has 1 amide bonds. The molecule has 21 heavy (non-hydrogen) atoms. The van der Waals surface area contributed by atoms with E-state index in [1.54, 1.807) is 12.1 Å². The molecule has 2 aromatic rings. The number of methoxy groups -OCH3 is 1. The van der Waals surface area contributed by atoms with Crippen molar-refractivity contribution < 1.29 is 22.7 Å². The van der Waals surface area contributed by atoms with Gasteiger partial charge in [-0.15, -0.1) is 0 Å². The number of nitrogens with one attached hydrogen (secondary N) is 1. The molecular formula is C14H9BrF3NO2. The van der Waals surface area contributed by atoms with Crippen LogP contribution < -0.4 is 10.1 Å².